The zero-order valence-corrected chi connectivity index (χ0v) is 11.8. The van der Waals surface area contributed by atoms with Crippen molar-refractivity contribution in [2.75, 3.05) is 0 Å². The molecule has 1 aliphatic rings. The first-order valence-corrected chi connectivity index (χ1v) is 7.73. The van der Waals surface area contributed by atoms with E-state index in [4.69, 9.17) is 0 Å². The van der Waals surface area contributed by atoms with Crippen molar-refractivity contribution in [2.24, 2.45) is 0 Å². The van der Waals surface area contributed by atoms with E-state index in [2.05, 4.69) is 4.98 Å². The number of nitrogens with zero attached hydrogens (tertiary/aromatic N) is 2. The molecule has 0 spiro atoms. The second-order valence-electron chi connectivity index (χ2n) is 5.15. The standard InChI is InChI=1S/C16H14N2OS/c19-16-14-12-8-4-5-9-13(12)20-15(14)17-10-18(16)11-6-2-1-3-7-11/h1-3,6-7,10H,4-5,8-9H2. The third-order valence-corrected chi connectivity index (χ3v) is 5.11. The van der Waals surface area contributed by atoms with Crippen LogP contribution in [0.1, 0.15) is 23.3 Å². The number of rotatable bonds is 1. The van der Waals surface area contributed by atoms with Crippen LogP contribution in [-0.2, 0) is 12.8 Å². The topological polar surface area (TPSA) is 34.9 Å². The predicted molar refractivity (Wildman–Crippen MR) is 81.9 cm³/mol. The summed E-state index contributed by atoms with van der Waals surface area (Å²) in [5.74, 6) is 0. The van der Waals surface area contributed by atoms with Gasteiger partial charge in [-0.15, -0.1) is 11.3 Å². The third-order valence-electron chi connectivity index (χ3n) is 3.91. The molecule has 4 heteroatoms. The van der Waals surface area contributed by atoms with Gasteiger partial charge in [0.05, 0.1) is 11.1 Å². The van der Waals surface area contributed by atoms with Crippen LogP contribution in [-0.4, -0.2) is 9.55 Å². The maximum atomic E-state index is 12.8. The first kappa shape index (κ1) is 11.9. The highest BCUT2D eigenvalue weighted by Crippen LogP contribution is 2.33. The maximum absolute atomic E-state index is 12.8. The molecule has 100 valence electrons. The third kappa shape index (κ3) is 1.72. The second kappa shape index (κ2) is 4.56. The lowest BCUT2D eigenvalue weighted by molar-refractivity contribution is 0.699. The Balaban J connectivity index is 2.02. The molecule has 0 radical (unpaired) electrons. The second-order valence-corrected chi connectivity index (χ2v) is 6.23. The first-order valence-electron chi connectivity index (χ1n) is 6.92. The lowest BCUT2D eigenvalue weighted by atomic mass is 9.97. The molecule has 0 amide bonds. The van der Waals surface area contributed by atoms with E-state index < -0.39 is 0 Å². The summed E-state index contributed by atoms with van der Waals surface area (Å²) in [5.41, 5.74) is 2.20. The minimum atomic E-state index is 0.0700. The number of thiophene rings is 1. The summed E-state index contributed by atoms with van der Waals surface area (Å²) in [5, 5.41) is 0.844. The average Bonchev–Trinajstić information content (AvgIpc) is 2.88. The van der Waals surface area contributed by atoms with E-state index in [0.29, 0.717) is 0 Å². The molecular weight excluding hydrogens is 268 g/mol. The number of hydrogen-bond acceptors (Lipinski definition) is 3. The predicted octanol–water partition coefficient (Wildman–Crippen LogP) is 3.33. The van der Waals surface area contributed by atoms with Crippen molar-refractivity contribution in [1.82, 2.24) is 9.55 Å². The summed E-state index contributed by atoms with van der Waals surface area (Å²) >= 11 is 1.69. The molecule has 4 rings (SSSR count). The minimum Gasteiger partial charge on any atom is -0.268 e. The molecule has 0 N–H and O–H groups in total. The van der Waals surface area contributed by atoms with Gasteiger partial charge in [-0.05, 0) is 43.4 Å². The molecule has 0 saturated carbocycles. The lowest BCUT2D eigenvalue weighted by Crippen LogP contribution is -2.19. The van der Waals surface area contributed by atoms with Gasteiger partial charge >= 0.3 is 0 Å². The normalized spacial score (nSPS) is 14.4. The molecule has 0 bridgehead atoms. The molecule has 3 aromatic rings. The Bertz CT molecular complexity index is 833. The van der Waals surface area contributed by atoms with Crippen LogP contribution >= 0.6 is 11.3 Å². The van der Waals surface area contributed by atoms with Crippen LogP contribution in [0.25, 0.3) is 15.9 Å². The van der Waals surface area contributed by atoms with E-state index in [1.54, 1.807) is 22.2 Å². The number of benzene rings is 1. The van der Waals surface area contributed by atoms with Gasteiger partial charge in [-0.3, -0.25) is 9.36 Å². The summed E-state index contributed by atoms with van der Waals surface area (Å²) in [6, 6.07) is 9.71. The fourth-order valence-electron chi connectivity index (χ4n) is 2.92. The van der Waals surface area contributed by atoms with E-state index in [1.165, 1.54) is 23.3 Å². The smallest absolute Gasteiger partial charge is 0.266 e. The highest BCUT2D eigenvalue weighted by Gasteiger charge is 2.20. The van der Waals surface area contributed by atoms with Crippen LogP contribution in [0.2, 0.25) is 0 Å². The van der Waals surface area contributed by atoms with Gasteiger partial charge in [0.1, 0.15) is 11.2 Å². The first-order chi connectivity index (χ1) is 9.84. The Kier molecular flexibility index (Phi) is 2.70. The summed E-state index contributed by atoms with van der Waals surface area (Å²) < 4.78 is 1.66. The molecule has 3 nitrogen and oxygen atoms in total. The summed E-state index contributed by atoms with van der Waals surface area (Å²) in [7, 11) is 0. The van der Waals surface area contributed by atoms with Gasteiger partial charge in [-0.25, -0.2) is 4.98 Å². The zero-order chi connectivity index (χ0) is 13.5. The molecular formula is C16H14N2OS. The van der Waals surface area contributed by atoms with E-state index in [9.17, 15) is 4.79 Å². The molecule has 2 heterocycles. The Morgan fingerprint density at radius 3 is 2.75 bits per heavy atom. The van der Waals surface area contributed by atoms with E-state index in [-0.39, 0.29) is 5.56 Å². The molecule has 0 aliphatic heterocycles. The number of hydrogen-bond donors (Lipinski definition) is 0. The van der Waals surface area contributed by atoms with Crippen LogP contribution < -0.4 is 5.56 Å². The molecule has 0 unspecified atom stereocenters. The van der Waals surface area contributed by atoms with Gasteiger partial charge in [-0.1, -0.05) is 18.2 Å². The van der Waals surface area contributed by atoms with Crippen LogP contribution in [0.15, 0.2) is 41.5 Å². The Hall–Kier alpha value is -1.94. The highest BCUT2D eigenvalue weighted by molar-refractivity contribution is 7.18. The van der Waals surface area contributed by atoms with Crippen molar-refractivity contribution in [3.8, 4) is 5.69 Å². The van der Waals surface area contributed by atoms with Crippen LogP contribution in [0.4, 0.5) is 0 Å². The van der Waals surface area contributed by atoms with Crippen molar-refractivity contribution in [3.05, 3.63) is 57.5 Å². The lowest BCUT2D eigenvalue weighted by Gasteiger charge is -2.10. The Labute approximate surface area is 120 Å². The molecule has 0 saturated heterocycles. The molecule has 1 aliphatic carbocycles. The zero-order valence-electron chi connectivity index (χ0n) is 11.0. The summed E-state index contributed by atoms with van der Waals surface area (Å²) in [6.45, 7) is 0. The van der Waals surface area contributed by atoms with Gasteiger partial charge in [0, 0.05) is 4.88 Å². The van der Waals surface area contributed by atoms with Gasteiger partial charge in [-0.2, -0.15) is 0 Å². The number of para-hydroxylation sites is 1. The molecule has 20 heavy (non-hydrogen) atoms. The Morgan fingerprint density at radius 2 is 1.90 bits per heavy atom. The maximum Gasteiger partial charge on any atom is 0.266 e. The van der Waals surface area contributed by atoms with Crippen LogP contribution in [0, 0.1) is 0 Å². The quantitative estimate of drug-likeness (QED) is 0.686. The van der Waals surface area contributed by atoms with Crippen molar-refractivity contribution in [1.29, 1.82) is 0 Å². The van der Waals surface area contributed by atoms with Crippen molar-refractivity contribution >= 4 is 21.6 Å². The monoisotopic (exact) mass is 282 g/mol. The van der Waals surface area contributed by atoms with E-state index in [1.807, 2.05) is 30.3 Å². The summed E-state index contributed by atoms with van der Waals surface area (Å²) in [4.78, 5) is 19.6. The van der Waals surface area contributed by atoms with Gasteiger partial charge < -0.3 is 0 Å². The number of aryl methyl sites for hydroxylation is 2. The molecule has 1 aromatic carbocycles. The molecule has 0 fully saturated rings. The van der Waals surface area contributed by atoms with E-state index in [0.717, 1.165) is 28.7 Å². The van der Waals surface area contributed by atoms with Crippen LogP contribution in [0.3, 0.4) is 0 Å². The van der Waals surface area contributed by atoms with Gasteiger partial charge in [0.25, 0.3) is 5.56 Å². The SMILES string of the molecule is O=c1c2c3c(sc2ncn1-c1ccccc1)CCCC3. The molecule has 0 atom stereocenters. The Morgan fingerprint density at radius 1 is 1.10 bits per heavy atom. The minimum absolute atomic E-state index is 0.0700. The van der Waals surface area contributed by atoms with Crippen molar-refractivity contribution in [2.45, 2.75) is 25.7 Å². The van der Waals surface area contributed by atoms with Crippen LogP contribution in [0.5, 0.6) is 0 Å². The summed E-state index contributed by atoms with van der Waals surface area (Å²) in [6.07, 6.45) is 6.18. The highest BCUT2D eigenvalue weighted by atomic mass is 32.1. The largest absolute Gasteiger partial charge is 0.268 e. The fraction of sp³-hybridized carbons (Fsp3) is 0.250. The number of fused-ring (bicyclic) bond motifs is 3. The van der Waals surface area contributed by atoms with Crippen molar-refractivity contribution in [3.63, 3.8) is 0 Å². The average molecular weight is 282 g/mol. The molecule has 2 aromatic heterocycles. The van der Waals surface area contributed by atoms with Gasteiger partial charge in [0.15, 0.2) is 0 Å². The van der Waals surface area contributed by atoms with Gasteiger partial charge in [0.2, 0.25) is 0 Å². The van der Waals surface area contributed by atoms with Crippen molar-refractivity contribution < 1.29 is 0 Å². The fourth-order valence-corrected chi connectivity index (χ4v) is 4.14. The number of aromatic nitrogens is 2. The van der Waals surface area contributed by atoms with E-state index >= 15 is 0 Å².